The number of nitrogens with zero attached hydrogens (tertiary/aromatic N) is 1. The van der Waals surface area contributed by atoms with Gasteiger partial charge in [-0.05, 0) is 38.0 Å². The number of ether oxygens (including phenoxy) is 1. The van der Waals surface area contributed by atoms with Gasteiger partial charge in [-0.3, -0.25) is 0 Å². The Balaban J connectivity index is 2.56. The molecule has 0 atom stereocenters. The number of hydrogen-bond acceptors (Lipinski definition) is 4. The van der Waals surface area contributed by atoms with Crippen LogP contribution in [0.2, 0.25) is 0 Å². The number of rotatable bonds is 6. The van der Waals surface area contributed by atoms with E-state index >= 15 is 0 Å². The smallest absolute Gasteiger partial charge is 0.340 e. The van der Waals surface area contributed by atoms with Crippen LogP contribution in [0.25, 0.3) is 12.2 Å². The summed E-state index contributed by atoms with van der Waals surface area (Å²) in [5, 5.41) is 20.0. The lowest BCUT2D eigenvalue weighted by atomic mass is 9.98. The lowest BCUT2D eigenvalue weighted by molar-refractivity contribution is 0.0693. The molecule has 0 bridgehead atoms. The summed E-state index contributed by atoms with van der Waals surface area (Å²) in [5.41, 5.74) is 1.70. The van der Waals surface area contributed by atoms with Gasteiger partial charge in [0.2, 0.25) is 0 Å². The molecule has 0 saturated heterocycles. The average molecular weight is 328 g/mol. The lowest BCUT2D eigenvalue weighted by Crippen LogP contribution is -2.04. The van der Waals surface area contributed by atoms with Crippen LogP contribution in [0.15, 0.2) is 30.1 Å². The van der Waals surface area contributed by atoms with Crippen molar-refractivity contribution in [3.63, 3.8) is 0 Å². The Bertz CT molecular complexity index is 786. The zero-order valence-electron chi connectivity index (χ0n) is 13.8. The highest BCUT2D eigenvalue weighted by atomic mass is 16.5. The third-order valence-electron chi connectivity index (χ3n) is 3.48. The second-order valence-electron chi connectivity index (χ2n) is 5.47. The van der Waals surface area contributed by atoms with Crippen LogP contribution in [0, 0.1) is 0 Å². The molecule has 0 aliphatic carbocycles. The minimum absolute atomic E-state index is 0.157. The SMILES string of the molecule is COc1cc(/C=C/c2ncc[nH]2)c(C(=O)O)c(O)c1CC=C(C)C. The molecule has 3 N–H and O–H groups in total. The van der Waals surface area contributed by atoms with Crippen molar-refractivity contribution in [1.29, 1.82) is 0 Å². The van der Waals surface area contributed by atoms with Crippen LogP contribution < -0.4 is 4.74 Å². The standard InChI is InChI=1S/C18H20N2O4/c1-11(2)4-6-13-14(24-3)10-12(16(17(13)21)18(22)23)5-7-15-19-8-9-20-15/h4-5,7-10,21H,6H2,1-3H3,(H,19,20)(H,22,23)/b7-5+. The molecule has 0 aliphatic heterocycles. The van der Waals surface area contributed by atoms with Gasteiger partial charge in [0, 0.05) is 18.0 Å². The van der Waals surface area contributed by atoms with Gasteiger partial charge in [0.05, 0.1) is 7.11 Å². The van der Waals surface area contributed by atoms with Crippen molar-refractivity contribution in [2.24, 2.45) is 0 Å². The number of hydrogen-bond donors (Lipinski definition) is 3. The fourth-order valence-electron chi connectivity index (χ4n) is 2.28. The normalized spacial score (nSPS) is 10.8. The Morgan fingerprint density at radius 1 is 1.38 bits per heavy atom. The van der Waals surface area contributed by atoms with Crippen molar-refractivity contribution in [2.45, 2.75) is 20.3 Å². The van der Waals surface area contributed by atoms with E-state index in [9.17, 15) is 15.0 Å². The number of methoxy groups -OCH3 is 1. The lowest BCUT2D eigenvalue weighted by Gasteiger charge is -2.14. The first-order valence-corrected chi connectivity index (χ1v) is 7.41. The second-order valence-corrected chi connectivity index (χ2v) is 5.47. The number of carboxylic acid groups (broad SMARTS) is 1. The molecule has 6 heteroatoms. The molecule has 0 unspecified atom stereocenters. The van der Waals surface area contributed by atoms with E-state index < -0.39 is 5.97 Å². The van der Waals surface area contributed by atoms with E-state index in [0.29, 0.717) is 29.1 Å². The first-order valence-electron chi connectivity index (χ1n) is 7.41. The van der Waals surface area contributed by atoms with Gasteiger partial charge in [-0.2, -0.15) is 0 Å². The Hall–Kier alpha value is -3.02. The van der Waals surface area contributed by atoms with Gasteiger partial charge in [0.1, 0.15) is 22.9 Å². The number of carboxylic acids is 1. The van der Waals surface area contributed by atoms with Crippen molar-refractivity contribution >= 4 is 18.1 Å². The molecule has 1 heterocycles. The zero-order valence-corrected chi connectivity index (χ0v) is 13.8. The molecular weight excluding hydrogens is 308 g/mol. The van der Waals surface area contributed by atoms with Gasteiger partial charge in [-0.25, -0.2) is 9.78 Å². The molecule has 2 aromatic rings. The summed E-state index contributed by atoms with van der Waals surface area (Å²) in [6.45, 7) is 3.87. The van der Waals surface area contributed by atoms with Crippen LogP contribution in [0.3, 0.4) is 0 Å². The van der Waals surface area contributed by atoms with Gasteiger partial charge in [-0.15, -0.1) is 0 Å². The zero-order chi connectivity index (χ0) is 17.7. The van der Waals surface area contributed by atoms with E-state index in [-0.39, 0.29) is 11.3 Å². The highest BCUT2D eigenvalue weighted by molar-refractivity contribution is 5.97. The maximum absolute atomic E-state index is 11.6. The molecular formula is C18H20N2O4. The molecule has 1 aromatic heterocycles. The molecule has 0 fully saturated rings. The molecule has 24 heavy (non-hydrogen) atoms. The number of aromatic amines is 1. The molecule has 126 valence electrons. The van der Waals surface area contributed by atoms with Crippen molar-refractivity contribution in [2.75, 3.05) is 7.11 Å². The van der Waals surface area contributed by atoms with Crippen LogP contribution in [0.1, 0.15) is 41.2 Å². The number of carbonyl (C=O) groups is 1. The molecule has 0 amide bonds. The maximum atomic E-state index is 11.6. The fourth-order valence-corrected chi connectivity index (χ4v) is 2.28. The summed E-state index contributed by atoms with van der Waals surface area (Å²) in [4.78, 5) is 18.6. The first-order chi connectivity index (χ1) is 11.4. The molecule has 0 radical (unpaired) electrons. The molecule has 1 aromatic carbocycles. The van der Waals surface area contributed by atoms with Crippen LogP contribution in [-0.4, -0.2) is 33.3 Å². The Morgan fingerprint density at radius 2 is 2.12 bits per heavy atom. The van der Waals surface area contributed by atoms with E-state index in [1.165, 1.54) is 7.11 Å². The van der Waals surface area contributed by atoms with E-state index in [1.54, 1.807) is 30.6 Å². The Kier molecular flexibility index (Phi) is 5.42. The quantitative estimate of drug-likeness (QED) is 0.705. The summed E-state index contributed by atoms with van der Waals surface area (Å²) >= 11 is 0. The number of aromatic carboxylic acids is 1. The van der Waals surface area contributed by atoms with E-state index in [4.69, 9.17) is 4.74 Å². The van der Waals surface area contributed by atoms with Crippen molar-refractivity contribution < 1.29 is 19.7 Å². The predicted octanol–water partition coefficient (Wildman–Crippen LogP) is 3.50. The van der Waals surface area contributed by atoms with Gasteiger partial charge < -0.3 is 19.9 Å². The summed E-state index contributed by atoms with van der Waals surface area (Å²) in [6.07, 6.45) is 8.77. The fraction of sp³-hybridized carbons (Fsp3) is 0.222. The second kappa shape index (κ2) is 7.50. The average Bonchev–Trinajstić information content (AvgIpc) is 3.03. The summed E-state index contributed by atoms with van der Waals surface area (Å²) in [7, 11) is 1.49. The molecule has 6 nitrogen and oxygen atoms in total. The van der Waals surface area contributed by atoms with Crippen LogP contribution >= 0.6 is 0 Å². The van der Waals surface area contributed by atoms with Gasteiger partial charge >= 0.3 is 5.97 Å². The number of nitrogens with one attached hydrogen (secondary N) is 1. The number of phenols is 1. The third kappa shape index (κ3) is 3.84. The van der Waals surface area contributed by atoms with Crippen molar-refractivity contribution in [1.82, 2.24) is 9.97 Å². The molecule has 0 saturated carbocycles. The van der Waals surface area contributed by atoms with Gasteiger partial charge in [0.25, 0.3) is 0 Å². The minimum Gasteiger partial charge on any atom is -0.507 e. The van der Waals surface area contributed by atoms with Gasteiger partial charge in [0.15, 0.2) is 0 Å². The molecule has 2 rings (SSSR count). The number of allylic oxidation sites excluding steroid dienone is 2. The van der Waals surface area contributed by atoms with E-state index in [1.807, 2.05) is 19.9 Å². The number of benzene rings is 1. The van der Waals surface area contributed by atoms with Crippen molar-refractivity contribution in [3.8, 4) is 11.5 Å². The van der Waals surface area contributed by atoms with Gasteiger partial charge in [-0.1, -0.05) is 17.7 Å². The summed E-state index contributed by atoms with van der Waals surface area (Å²) in [6, 6.07) is 1.61. The largest absolute Gasteiger partial charge is 0.507 e. The number of aromatic hydroxyl groups is 1. The molecule has 0 aliphatic rings. The first kappa shape index (κ1) is 17.3. The minimum atomic E-state index is -1.20. The van der Waals surface area contributed by atoms with Crippen LogP contribution in [0.5, 0.6) is 11.5 Å². The Labute approximate surface area is 140 Å². The van der Waals surface area contributed by atoms with Crippen LogP contribution in [-0.2, 0) is 6.42 Å². The summed E-state index contributed by atoms with van der Waals surface area (Å²) < 4.78 is 5.33. The number of imidazole rings is 1. The maximum Gasteiger partial charge on any atom is 0.340 e. The molecule has 0 spiro atoms. The monoisotopic (exact) mass is 328 g/mol. The highest BCUT2D eigenvalue weighted by Gasteiger charge is 2.21. The topological polar surface area (TPSA) is 95.4 Å². The number of aromatic nitrogens is 2. The van der Waals surface area contributed by atoms with Crippen LogP contribution in [0.4, 0.5) is 0 Å². The Morgan fingerprint density at radius 3 is 2.67 bits per heavy atom. The highest BCUT2D eigenvalue weighted by Crippen LogP contribution is 2.36. The van der Waals surface area contributed by atoms with E-state index in [0.717, 1.165) is 5.57 Å². The van der Waals surface area contributed by atoms with E-state index in [2.05, 4.69) is 9.97 Å². The summed E-state index contributed by atoms with van der Waals surface area (Å²) in [5.74, 6) is -0.460. The predicted molar refractivity (Wildman–Crippen MR) is 92.3 cm³/mol. The van der Waals surface area contributed by atoms with Crippen molar-refractivity contribution in [3.05, 3.63) is 52.6 Å². The number of H-pyrrole nitrogens is 1. The third-order valence-corrected chi connectivity index (χ3v) is 3.48.